The maximum absolute atomic E-state index is 11.9. The molecule has 0 radical (unpaired) electrons. The van der Waals surface area contributed by atoms with Crippen LogP contribution >= 0.6 is 0 Å². The van der Waals surface area contributed by atoms with Gasteiger partial charge in [0.15, 0.2) is 0 Å². The van der Waals surface area contributed by atoms with E-state index in [2.05, 4.69) is 32.6 Å². The summed E-state index contributed by atoms with van der Waals surface area (Å²) in [5.41, 5.74) is 3.22. The van der Waals surface area contributed by atoms with Gasteiger partial charge < -0.3 is 4.57 Å². The fourth-order valence-corrected chi connectivity index (χ4v) is 3.58. The van der Waals surface area contributed by atoms with Crippen LogP contribution in [0.15, 0.2) is 55.0 Å². The molecule has 6 heteroatoms. The average molecular weight is 343 g/mol. The Balaban J connectivity index is 2.07. The van der Waals surface area contributed by atoms with Crippen LogP contribution in [0.4, 0.5) is 0 Å². The second-order valence-electron chi connectivity index (χ2n) is 5.80. The van der Waals surface area contributed by atoms with E-state index in [4.69, 9.17) is 0 Å². The Bertz CT molecular complexity index is 933. The molecule has 126 valence electrons. The van der Waals surface area contributed by atoms with Gasteiger partial charge in [-0.2, -0.15) is 0 Å². The first-order chi connectivity index (χ1) is 11.5. The average Bonchev–Trinajstić information content (AvgIpc) is 2.93. The van der Waals surface area contributed by atoms with Gasteiger partial charge in [0.1, 0.15) is 0 Å². The molecule has 24 heavy (non-hydrogen) atoms. The molecule has 0 aliphatic rings. The molecule has 0 aliphatic carbocycles. The third-order valence-corrected chi connectivity index (χ3v) is 5.64. The summed E-state index contributed by atoms with van der Waals surface area (Å²) >= 11 is 0. The van der Waals surface area contributed by atoms with E-state index >= 15 is 0 Å². The third kappa shape index (κ3) is 3.34. The molecular weight excluding hydrogens is 322 g/mol. The number of fused-ring (bicyclic) bond motifs is 1. The maximum atomic E-state index is 11.9. The molecule has 2 heterocycles. The summed E-state index contributed by atoms with van der Waals surface area (Å²) in [5.74, 6) is -0.0198. The number of nitrogens with one attached hydrogen (secondary N) is 1. The number of aromatic nitrogens is 2. The Kier molecular flexibility index (Phi) is 4.69. The topological polar surface area (TPSA) is 64.0 Å². The van der Waals surface area contributed by atoms with Gasteiger partial charge in [0, 0.05) is 49.0 Å². The molecule has 0 fully saturated rings. The highest BCUT2D eigenvalue weighted by molar-refractivity contribution is 7.89. The van der Waals surface area contributed by atoms with Gasteiger partial charge in [-0.15, -0.1) is 0 Å². The van der Waals surface area contributed by atoms with Crippen molar-refractivity contribution in [1.29, 1.82) is 0 Å². The lowest BCUT2D eigenvalue weighted by atomic mass is 9.92. The number of para-hydroxylation sites is 1. The van der Waals surface area contributed by atoms with Crippen molar-refractivity contribution in [3.05, 3.63) is 66.1 Å². The van der Waals surface area contributed by atoms with Crippen molar-refractivity contribution in [2.75, 3.05) is 12.3 Å². The summed E-state index contributed by atoms with van der Waals surface area (Å²) in [6.45, 7) is 1.95. The monoisotopic (exact) mass is 343 g/mol. The molecule has 0 spiro atoms. The van der Waals surface area contributed by atoms with Gasteiger partial charge in [-0.1, -0.05) is 24.3 Å². The van der Waals surface area contributed by atoms with Crippen LogP contribution in [0, 0.1) is 0 Å². The van der Waals surface area contributed by atoms with Crippen LogP contribution in [0.1, 0.15) is 24.0 Å². The Hall–Kier alpha value is -2.18. The van der Waals surface area contributed by atoms with Gasteiger partial charge in [-0.3, -0.25) is 4.98 Å². The summed E-state index contributed by atoms with van der Waals surface area (Å²) in [5, 5.41) is 1.13. The van der Waals surface area contributed by atoms with Crippen LogP contribution < -0.4 is 4.72 Å². The van der Waals surface area contributed by atoms with E-state index in [0.29, 0.717) is 6.54 Å². The Morgan fingerprint density at radius 2 is 2.00 bits per heavy atom. The summed E-state index contributed by atoms with van der Waals surface area (Å²) in [6, 6.07) is 12.0. The normalized spacial score (nSPS) is 13.2. The number of nitrogens with zero attached hydrogens (tertiary/aromatic N) is 2. The second-order valence-corrected chi connectivity index (χ2v) is 7.90. The van der Waals surface area contributed by atoms with Crippen molar-refractivity contribution in [2.24, 2.45) is 7.05 Å². The van der Waals surface area contributed by atoms with Gasteiger partial charge in [0.2, 0.25) is 10.0 Å². The quantitative estimate of drug-likeness (QED) is 0.748. The Labute approximate surface area is 142 Å². The molecule has 0 aliphatic heterocycles. The van der Waals surface area contributed by atoms with E-state index in [1.807, 2.05) is 31.3 Å². The lowest BCUT2D eigenvalue weighted by Gasteiger charge is -2.17. The minimum Gasteiger partial charge on any atom is -0.350 e. The number of rotatable bonds is 6. The van der Waals surface area contributed by atoms with E-state index in [1.54, 1.807) is 19.3 Å². The van der Waals surface area contributed by atoms with E-state index in [-0.39, 0.29) is 11.7 Å². The first kappa shape index (κ1) is 16.7. The molecule has 1 unspecified atom stereocenters. The number of pyridine rings is 1. The van der Waals surface area contributed by atoms with Crippen LogP contribution in [0.3, 0.4) is 0 Å². The standard InChI is InChI=1S/C18H21N3O2S/c1-3-24(22,23)20-12-16(14-7-6-10-19-11-14)17-13-21(2)18-9-5-4-8-15(17)18/h4-11,13,16,20H,3,12H2,1-2H3. The molecule has 0 amide bonds. The van der Waals surface area contributed by atoms with Crippen LogP contribution in [0.5, 0.6) is 0 Å². The van der Waals surface area contributed by atoms with Crippen LogP contribution in [0.25, 0.3) is 10.9 Å². The molecular formula is C18H21N3O2S. The summed E-state index contributed by atoms with van der Waals surface area (Å²) < 4.78 is 28.6. The molecule has 0 bridgehead atoms. The zero-order valence-corrected chi connectivity index (χ0v) is 14.6. The fraction of sp³-hybridized carbons (Fsp3) is 0.278. The minimum atomic E-state index is -3.25. The van der Waals surface area contributed by atoms with E-state index < -0.39 is 10.0 Å². The SMILES string of the molecule is CCS(=O)(=O)NCC(c1cccnc1)c1cn(C)c2ccccc12. The van der Waals surface area contributed by atoms with E-state index in [9.17, 15) is 8.42 Å². The Morgan fingerprint density at radius 3 is 2.71 bits per heavy atom. The second kappa shape index (κ2) is 6.75. The summed E-state index contributed by atoms with van der Waals surface area (Å²) in [4.78, 5) is 4.20. The lowest BCUT2D eigenvalue weighted by Crippen LogP contribution is -2.30. The van der Waals surface area contributed by atoms with Crippen LogP contribution in [-0.4, -0.2) is 30.3 Å². The molecule has 0 saturated carbocycles. The number of benzene rings is 1. The highest BCUT2D eigenvalue weighted by Gasteiger charge is 2.21. The van der Waals surface area contributed by atoms with Crippen molar-refractivity contribution in [3.8, 4) is 0 Å². The van der Waals surface area contributed by atoms with Crippen molar-refractivity contribution in [2.45, 2.75) is 12.8 Å². The van der Waals surface area contributed by atoms with Gasteiger partial charge in [-0.25, -0.2) is 13.1 Å². The van der Waals surface area contributed by atoms with Gasteiger partial charge in [-0.05, 0) is 30.2 Å². The van der Waals surface area contributed by atoms with Crippen molar-refractivity contribution in [1.82, 2.24) is 14.3 Å². The lowest BCUT2D eigenvalue weighted by molar-refractivity contribution is 0.579. The molecule has 1 aromatic carbocycles. The molecule has 3 aromatic rings. The predicted molar refractivity (Wildman–Crippen MR) is 96.5 cm³/mol. The van der Waals surface area contributed by atoms with Crippen LogP contribution in [-0.2, 0) is 17.1 Å². The van der Waals surface area contributed by atoms with Crippen molar-refractivity contribution < 1.29 is 8.42 Å². The molecule has 5 nitrogen and oxygen atoms in total. The van der Waals surface area contributed by atoms with Gasteiger partial charge in [0.25, 0.3) is 0 Å². The summed E-state index contributed by atoms with van der Waals surface area (Å²) in [7, 11) is -1.25. The van der Waals surface area contributed by atoms with E-state index in [1.165, 1.54) is 0 Å². The molecule has 1 N–H and O–H groups in total. The highest BCUT2D eigenvalue weighted by Crippen LogP contribution is 2.31. The number of aryl methyl sites for hydroxylation is 1. The third-order valence-electron chi connectivity index (χ3n) is 4.28. The van der Waals surface area contributed by atoms with Gasteiger partial charge >= 0.3 is 0 Å². The zero-order valence-electron chi connectivity index (χ0n) is 13.8. The number of hydrogen-bond donors (Lipinski definition) is 1. The first-order valence-electron chi connectivity index (χ1n) is 7.93. The summed E-state index contributed by atoms with van der Waals surface area (Å²) in [6.07, 6.45) is 5.59. The first-order valence-corrected chi connectivity index (χ1v) is 9.58. The van der Waals surface area contributed by atoms with Crippen LogP contribution in [0.2, 0.25) is 0 Å². The minimum absolute atomic E-state index is 0.0717. The molecule has 3 rings (SSSR count). The molecule has 2 aromatic heterocycles. The Morgan fingerprint density at radius 1 is 1.21 bits per heavy atom. The predicted octanol–water partition coefficient (Wildman–Crippen LogP) is 2.64. The zero-order chi connectivity index (χ0) is 17.2. The van der Waals surface area contributed by atoms with Gasteiger partial charge in [0.05, 0.1) is 5.75 Å². The smallest absolute Gasteiger partial charge is 0.211 e. The highest BCUT2D eigenvalue weighted by atomic mass is 32.2. The molecule has 0 saturated heterocycles. The van der Waals surface area contributed by atoms with E-state index in [0.717, 1.165) is 22.0 Å². The number of hydrogen-bond acceptors (Lipinski definition) is 3. The fourth-order valence-electron chi connectivity index (χ4n) is 2.95. The maximum Gasteiger partial charge on any atom is 0.211 e. The molecule has 1 atom stereocenters. The van der Waals surface area contributed by atoms with Crippen molar-refractivity contribution in [3.63, 3.8) is 0 Å². The van der Waals surface area contributed by atoms with Crippen molar-refractivity contribution >= 4 is 20.9 Å². The largest absolute Gasteiger partial charge is 0.350 e. The number of sulfonamides is 1.